The van der Waals surface area contributed by atoms with E-state index in [1.165, 1.54) is 19.5 Å². The highest BCUT2D eigenvalue weighted by atomic mass is 127. The van der Waals surface area contributed by atoms with Crippen molar-refractivity contribution in [2.75, 3.05) is 74.0 Å². The summed E-state index contributed by atoms with van der Waals surface area (Å²) in [5.41, 5.74) is 1.87. The van der Waals surface area contributed by atoms with E-state index in [2.05, 4.69) is 38.5 Å². The van der Waals surface area contributed by atoms with Crippen LogP contribution in [0.25, 0.3) is 0 Å². The van der Waals surface area contributed by atoms with Crippen molar-refractivity contribution in [2.45, 2.75) is 12.8 Å². The quantitative estimate of drug-likeness (QED) is 0.326. The Kier molecular flexibility index (Phi) is 12.2. The Morgan fingerprint density at radius 1 is 1.14 bits per heavy atom. The van der Waals surface area contributed by atoms with Crippen molar-refractivity contribution in [3.05, 3.63) is 35.4 Å². The smallest absolute Gasteiger partial charge is 0.253 e. The summed E-state index contributed by atoms with van der Waals surface area (Å²) in [5.74, 6) is 0.861. The minimum atomic E-state index is 0. The van der Waals surface area contributed by atoms with Gasteiger partial charge in [-0.2, -0.15) is 0 Å². The molecular formula is C21H37IN6O. The molecule has 7 nitrogen and oxygen atoms in total. The van der Waals surface area contributed by atoms with E-state index in [-0.39, 0.29) is 29.9 Å². The number of likely N-dealkylation sites (N-methyl/N-ethyl adjacent to an activating group) is 1. The Labute approximate surface area is 192 Å². The number of nitrogens with zero attached hydrogens (tertiary/aromatic N) is 4. The van der Waals surface area contributed by atoms with Crippen LogP contribution in [0.4, 0.5) is 0 Å². The van der Waals surface area contributed by atoms with Gasteiger partial charge in [-0.1, -0.05) is 12.1 Å². The Balaban J connectivity index is 0.00000420. The van der Waals surface area contributed by atoms with Gasteiger partial charge < -0.3 is 25.3 Å². The third-order valence-electron chi connectivity index (χ3n) is 5.04. The molecule has 1 aliphatic heterocycles. The highest BCUT2D eigenvalue weighted by molar-refractivity contribution is 14.0. The van der Waals surface area contributed by atoms with Gasteiger partial charge in [-0.05, 0) is 50.7 Å². The minimum Gasteiger partial charge on any atom is -0.356 e. The van der Waals surface area contributed by atoms with E-state index in [0.717, 1.165) is 56.2 Å². The van der Waals surface area contributed by atoms with E-state index in [0.29, 0.717) is 0 Å². The molecule has 1 aromatic rings. The van der Waals surface area contributed by atoms with Crippen molar-refractivity contribution in [3.8, 4) is 0 Å². The van der Waals surface area contributed by atoms with Gasteiger partial charge in [0.2, 0.25) is 0 Å². The van der Waals surface area contributed by atoms with Crippen LogP contribution in [0.15, 0.2) is 29.3 Å². The Hall–Kier alpha value is -1.39. The lowest BCUT2D eigenvalue weighted by Crippen LogP contribution is -2.42. The van der Waals surface area contributed by atoms with Gasteiger partial charge in [0.05, 0.1) is 0 Å². The molecule has 0 unspecified atom stereocenters. The molecule has 1 fully saturated rings. The summed E-state index contributed by atoms with van der Waals surface area (Å²) in [6, 6.07) is 7.83. The van der Waals surface area contributed by atoms with Crippen LogP contribution in [0.5, 0.6) is 0 Å². The van der Waals surface area contributed by atoms with Crippen LogP contribution < -0.4 is 10.6 Å². The van der Waals surface area contributed by atoms with E-state index in [1.807, 2.05) is 18.2 Å². The van der Waals surface area contributed by atoms with Gasteiger partial charge in [0.15, 0.2) is 5.96 Å². The standard InChI is InChI=1S/C21H36N6O.HI/c1-22-21(24-11-14-27-13-6-12-26(4)15-16-27)23-10-9-18-7-5-8-19(17-18)20(28)25(2)3;/h5,7-8,17H,6,9-16H2,1-4H3,(H2,22,23,24);1H. The lowest BCUT2D eigenvalue weighted by molar-refractivity contribution is 0.0827. The summed E-state index contributed by atoms with van der Waals surface area (Å²) in [6.45, 7) is 7.32. The summed E-state index contributed by atoms with van der Waals surface area (Å²) in [5, 5.41) is 6.77. The fourth-order valence-electron chi connectivity index (χ4n) is 3.32. The van der Waals surface area contributed by atoms with Gasteiger partial charge in [-0.3, -0.25) is 9.79 Å². The molecule has 1 saturated heterocycles. The van der Waals surface area contributed by atoms with E-state index < -0.39 is 0 Å². The molecule has 2 rings (SSSR count). The zero-order valence-electron chi connectivity index (χ0n) is 18.3. The van der Waals surface area contributed by atoms with Crippen molar-refractivity contribution in [2.24, 2.45) is 4.99 Å². The maximum absolute atomic E-state index is 12.1. The van der Waals surface area contributed by atoms with Gasteiger partial charge in [-0.25, -0.2) is 0 Å². The number of benzene rings is 1. The van der Waals surface area contributed by atoms with Crippen LogP contribution in [-0.2, 0) is 6.42 Å². The second kappa shape index (κ2) is 13.8. The van der Waals surface area contributed by atoms with Crippen LogP contribution in [0.1, 0.15) is 22.3 Å². The molecule has 164 valence electrons. The maximum Gasteiger partial charge on any atom is 0.253 e. The third-order valence-corrected chi connectivity index (χ3v) is 5.04. The first-order valence-electron chi connectivity index (χ1n) is 10.2. The Morgan fingerprint density at radius 2 is 1.90 bits per heavy atom. The molecule has 0 radical (unpaired) electrons. The number of nitrogens with one attached hydrogen (secondary N) is 2. The average molecular weight is 516 g/mol. The van der Waals surface area contributed by atoms with E-state index in [4.69, 9.17) is 0 Å². The highest BCUT2D eigenvalue weighted by Crippen LogP contribution is 2.07. The minimum absolute atomic E-state index is 0. The van der Waals surface area contributed by atoms with Crippen molar-refractivity contribution in [1.82, 2.24) is 25.3 Å². The second-order valence-corrected chi connectivity index (χ2v) is 7.57. The zero-order chi connectivity index (χ0) is 20.4. The first kappa shape index (κ1) is 25.6. The molecule has 0 aromatic heterocycles. The topological polar surface area (TPSA) is 63.2 Å². The molecule has 1 heterocycles. The summed E-state index contributed by atoms with van der Waals surface area (Å²) in [4.78, 5) is 22.9. The maximum atomic E-state index is 12.1. The Morgan fingerprint density at radius 3 is 2.62 bits per heavy atom. The molecule has 0 bridgehead atoms. The molecule has 8 heteroatoms. The molecule has 0 saturated carbocycles. The fourth-order valence-corrected chi connectivity index (χ4v) is 3.32. The zero-order valence-corrected chi connectivity index (χ0v) is 20.6. The highest BCUT2D eigenvalue weighted by Gasteiger charge is 2.11. The van der Waals surface area contributed by atoms with Gasteiger partial charge in [0, 0.05) is 59.4 Å². The number of amides is 1. The first-order valence-corrected chi connectivity index (χ1v) is 10.2. The lowest BCUT2D eigenvalue weighted by atomic mass is 10.1. The molecule has 1 aliphatic rings. The van der Waals surface area contributed by atoms with Crippen molar-refractivity contribution in [3.63, 3.8) is 0 Å². The van der Waals surface area contributed by atoms with Crippen LogP contribution in [0.2, 0.25) is 0 Å². The van der Waals surface area contributed by atoms with Crippen LogP contribution >= 0.6 is 24.0 Å². The average Bonchev–Trinajstić information content (AvgIpc) is 2.90. The summed E-state index contributed by atoms with van der Waals surface area (Å²) in [7, 11) is 7.54. The van der Waals surface area contributed by atoms with Gasteiger partial charge >= 0.3 is 0 Å². The molecule has 0 atom stereocenters. The van der Waals surface area contributed by atoms with Crippen LogP contribution in [0, 0.1) is 0 Å². The Bertz CT molecular complexity index is 652. The predicted octanol–water partition coefficient (Wildman–Crippen LogP) is 1.35. The fraction of sp³-hybridized carbons (Fsp3) is 0.619. The number of carbonyl (C=O) groups is 1. The normalized spacial score (nSPS) is 15.9. The van der Waals surface area contributed by atoms with Crippen molar-refractivity contribution < 1.29 is 4.79 Å². The molecular weight excluding hydrogens is 479 g/mol. The SMILES string of the molecule is CN=C(NCCc1cccc(C(=O)N(C)C)c1)NCCN1CCCN(C)CC1.I. The van der Waals surface area contributed by atoms with Crippen molar-refractivity contribution >= 4 is 35.8 Å². The predicted molar refractivity (Wildman–Crippen MR) is 131 cm³/mol. The largest absolute Gasteiger partial charge is 0.356 e. The molecule has 0 spiro atoms. The number of rotatable bonds is 7. The van der Waals surface area contributed by atoms with Crippen LogP contribution in [-0.4, -0.2) is 101 Å². The van der Waals surface area contributed by atoms with E-state index in [1.54, 1.807) is 26.0 Å². The van der Waals surface area contributed by atoms with Crippen molar-refractivity contribution in [1.29, 1.82) is 0 Å². The number of hydrogen-bond acceptors (Lipinski definition) is 4. The second-order valence-electron chi connectivity index (χ2n) is 7.57. The summed E-state index contributed by atoms with van der Waals surface area (Å²) in [6.07, 6.45) is 2.08. The van der Waals surface area contributed by atoms with Gasteiger partial charge in [-0.15, -0.1) is 24.0 Å². The number of halogens is 1. The third kappa shape index (κ3) is 9.31. The summed E-state index contributed by atoms with van der Waals surface area (Å²) >= 11 is 0. The van der Waals surface area contributed by atoms with Crippen LogP contribution in [0.3, 0.4) is 0 Å². The van der Waals surface area contributed by atoms with Gasteiger partial charge in [0.1, 0.15) is 0 Å². The molecule has 1 aromatic carbocycles. The van der Waals surface area contributed by atoms with E-state index >= 15 is 0 Å². The van der Waals surface area contributed by atoms with Gasteiger partial charge in [0.25, 0.3) is 5.91 Å². The monoisotopic (exact) mass is 516 g/mol. The lowest BCUT2D eigenvalue weighted by Gasteiger charge is -2.21. The van der Waals surface area contributed by atoms with E-state index in [9.17, 15) is 4.79 Å². The summed E-state index contributed by atoms with van der Waals surface area (Å²) < 4.78 is 0. The number of guanidine groups is 1. The number of hydrogen-bond donors (Lipinski definition) is 2. The molecule has 29 heavy (non-hydrogen) atoms. The molecule has 2 N–H and O–H groups in total. The number of aliphatic imine (C=N–C) groups is 1. The molecule has 1 amide bonds. The number of carbonyl (C=O) groups excluding carboxylic acids is 1. The first-order chi connectivity index (χ1) is 13.5. The molecule has 0 aliphatic carbocycles.